The van der Waals surface area contributed by atoms with Gasteiger partial charge in [-0.1, -0.05) is 12.1 Å². The number of nitrogens with zero attached hydrogens (tertiary/aromatic N) is 4. The van der Waals surface area contributed by atoms with Gasteiger partial charge in [0.25, 0.3) is 5.91 Å². The monoisotopic (exact) mass is 520 g/mol. The summed E-state index contributed by atoms with van der Waals surface area (Å²) in [6.45, 7) is 5.55. The number of rotatable bonds is 8. The molecule has 200 valence electrons. The van der Waals surface area contributed by atoms with Crippen LogP contribution in [0.4, 0.5) is 15.9 Å². The van der Waals surface area contributed by atoms with Crippen LogP contribution in [0.3, 0.4) is 0 Å². The standard InChI is InChI=1S/C28H33FN6O3/c1-34(9-12-37-2)17-21-16-19(4-6-23(21)35-10-13-38-14-11-35)24-26(29)33-27(30)25(32-24)20-3-5-22-18(15-20)7-8-31-28(22)36/h3-6,15-16H,7-14,17H2,1-2H3,(H2,30,33)(H,31,36). The number of likely N-dealkylation sites (N-methyl/N-ethyl adjacent to an activating group) is 1. The topological polar surface area (TPSA) is 106 Å². The molecule has 0 saturated carbocycles. The largest absolute Gasteiger partial charge is 0.383 e. The second-order valence-corrected chi connectivity index (χ2v) is 9.65. The Morgan fingerprint density at radius 1 is 1.13 bits per heavy atom. The molecular weight excluding hydrogens is 487 g/mol. The molecule has 1 amide bonds. The number of hydrogen-bond donors (Lipinski definition) is 2. The van der Waals surface area contributed by atoms with Crippen LogP contribution >= 0.6 is 0 Å². The molecule has 0 aliphatic carbocycles. The van der Waals surface area contributed by atoms with Crippen molar-refractivity contribution in [3.63, 3.8) is 0 Å². The average Bonchev–Trinajstić information content (AvgIpc) is 2.92. The van der Waals surface area contributed by atoms with Crippen molar-refractivity contribution in [2.45, 2.75) is 13.0 Å². The van der Waals surface area contributed by atoms with Crippen LogP contribution < -0.4 is 16.0 Å². The number of nitrogen functional groups attached to an aromatic ring is 1. The van der Waals surface area contributed by atoms with Gasteiger partial charge >= 0.3 is 0 Å². The lowest BCUT2D eigenvalue weighted by Crippen LogP contribution is -2.37. The van der Waals surface area contributed by atoms with Gasteiger partial charge in [-0.2, -0.15) is 9.37 Å². The first-order chi connectivity index (χ1) is 18.4. The Hall–Kier alpha value is -3.60. The van der Waals surface area contributed by atoms with Crippen molar-refractivity contribution in [1.82, 2.24) is 20.2 Å². The third-order valence-electron chi connectivity index (χ3n) is 7.01. The van der Waals surface area contributed by atoms with E-state index < -0.39 is 5.95 Å². The number of benzene rings is 2. The lowest BCUT2D eigenvalue weighted by Gasteiger charge is -2.32. The summed E-state index contributed by atoms with van der Waals surface area (Å²) in [5, 5.41) is 2.84. The van der Waals surface area contributed by atoms with Gasteiger partial charge in [0.15, 0.2) is 5.82 Å². The molecule has 0 unspecified atom stereocenters. The Labute approximate surface area is 221 Å². The van der Waals surface area contributed by atoms with E-state index in [1.807, 2.05) is 31.3 Å². The van der Waals surface area contributed by atoms with E-state index in [0.717, 1.165) is 36.4 Å². The Bertz CT molecular complexity index is 1330. The summed E-state index contributed by atoms with van der Waals surface area (Å²) < 4.78 is 26.0. The molecular formula is C28H33FN6O3. The number of amides is 1. The van der Waals surface area contributed by atoms with E-state index in [1.54, 1.807) is 19.2 Å². The summed E-state index contributed by atoms with van der Waals surface area (Å²) >= 11 is 0. The number of carbonyl (C=O) groups is 1. The van der Waals surface area contributed by atoms with Crippen molar-refractivity contribution < 1.29 is 18.7 Å². The zero-order chi connectivity index (χ0) is 26.6. The zero-order valence-electron chi connectivity index (χ0n) is 21.8. The molecule has 2 aromatic carbocycles. The highest BCUT2D eigenvalue weighted by Gasteiger charge is 2.22. The smallest absolute Gasteiger partial charge is 0.251 e. The highest BCUT2D eigenvalue weighted by atomic mass is 19.1. The molecule has 9 nitrogen and oxygen atoms in total. The van der Waals surface area contributed by atoms with Gasteiger partial charge in [-0.15, -0.1) is 0 Å². The van der Waals surface area contributed by atoms with E-state index in [0.29, 0.717) is 61.7 Å². The van der Waals surface area contributed by atoms with Gasteiger partial charge in [0.05, 0.1) is 19.8 Å². The summed E-state index contributed by atoms with van der Waals surface area (Å²) in [5.74, 6) is -0.808. The van der Waals surface area contributed by atoms with Gasteiger partial charge in [-0.05, 0) is 48.9 Å². The summed E-state index contributed by atoms with van der Waals surface area (Å²) in [7, 11) is 3.72. The minimum Gasteiger partial charge on any atom is -0.383 e. The van der Waals surface area contributed by atoms with E-state index in [1.165, 1.54) is 0 Å². The Kier molecular flexibility index (Phi) is 7.82. The van der Waals surface area contributed by atoms with Crippen LogP contribution in [-0.4, -0.2) is 80.9 Å². The summed E-state index contributed by atoms with van der Waals surface area (Å²) in [5.41, 5.74) is 11.7. The number of carbonyl (C=O) groups excluding carboxylic acids is 1. The van der Waals surface area contributed by atoms with E-state index >= 15 is 4.39 Å². The van der Waals surface area contributed by atoms with Crippen molar-refractivity contribution in [2.75, 3.05) is 70.8 Å². The van der Waals surface area contributed by atoms with Crippen LogP contribution in [0.5, 0.6) is 0 Å². The number of fused-ring (bicyclic) bond motifs is 1. The Morgan fingerprint density at radius 2 is 1.89 bits per heavy atom. The van der Waals surface area contributed by atoms with Crippen LogP contribution in [-0.2, 0) is 22.4 Å². The molecule has 2 aliphatic heterocycles. The predicted molar refractivity (Wildman–Crippen MR) is 145 cm³/mol. The van der Waals surface area contributed by atoms with Crippen LogP contribution in [0, 0.1) is 5.95 Å². The third-order valence-corrected chi connectivity index (χ3v) is 7.01. The van der Waals surface area contributed by atoms with Crippen molar-refractivity contribution >= 4 is 17.4 Å². The van der Waals surface area contributed by atoms with Crippen molar-refractivity contribution in [3.8, 4) is 22.5 Å². The van der Waals surface area contributed by atoms with Crippen molar-refractivity contribution in [3.05, 3.63) is 59.0 Å². The van der Waals surface area contributed by atoms with Gasteiger partial charge in [-0.25, -0.2) is 4.98 Å². The molecule has 3 aromatic rings. The Balaban J connectivity index is 1.53. The van der Waals surface area contributed by atoms with E-state index in [-0.39, 0.29) is 17.4 Å². The summed E-state index contributed by atoms with van der Waals surface area (Å²) in [6.07, 6.45) is 0.708. The summed E-state index contributed by atoms with van der Waals surface area (Å²) in [6, 6.07) is 11.3. The molecule has 2 aliphatic rings. The third kappa shape index (κ3) is 5.47. The van der Waals surface area contributed by atoms with Crippen molar-refractivity contribution in [1.29, 1.82) is 0 Å². The van der Waals surface area contributed by atoms with Crippen LogP contribution in [0.2, 0.25) is 0 Å². The fourth-order valence-electron chi connectivity index (χ4n) is 4.99. The number of methoxy groups -OCH3 is 1. The zero-order valence-corrected chi connectivity index (χ0v) is 21.8. The van der Waals surface area contributed by atoms with Gasteiger partial charge in [-0.3, -0.25) is 9.69 Å². The summed E-state index contributed by atoms with van der Waals surface area (Å²) in [4.78, 5) is 25.3. The lowest BCUT2D eigenvalue weighted by atomic mass is 9.96. The molecule has 38 heavy (non-hydrogen) atoms. The van der Waals surface area contributed by atoms with Gasteiger partial charge in [0, 0.05) is 62.2 Å². The average molecular weight is 521 g/mol. The molecule has 3 N–H and O–H groups in total. The molecule has 1 aromatic heterocycles. The molecule has 5 rings (SSSR count). The van der Waals surface area contributed by atoms with E-state index in [4.69, 9.17) is 15.2 Å². The quantitative estimate of drug-likeness (QED) is 0.467. The maximum atomic E-state index is 15.2. The first-order valence-electron chi connectivity index (χ1n) is 12.8. The molecule has 0 atom stereocenters. The number of nitrogens with one attached hydrogen (secondary N) is 1. The van der Waals surface area contributed by atoms with E-state index in [2.05, 4.69) is 25.1 Å². The number of morpholine rings is 1. The molecule has 0 bridgehead atoms. The number of nitrogens with two attached hydrogens (primary N) is 1. The fourth-order valence-corrected chi connectivity index (χ4v) is 4.99. The fraction of sp³-hybridized carbons (Fsp3) is 0.393. The number of halogens is 1. The van der Waals surface area contributed by atoms with Gasteiger partial charge < -0.3 is 25.4 Å². The minimum atomic E-state index is -0.721. The molecule has 3 heterocycles. The molecule has 0 spiro atoms. The van der Waals surface area contributed by atoms with Crippen LogP contribution in [0.15, 0.2) is 36.4 Å². The molecule has 1 fully saturated rings. The van der Waals surface area contributed by atoms with Crippen molar-refractivity contribution in [2.24, 2.45) is 0 Å². The maximum Gasteiger partial charge on any atom is 0.251 e. The molecule has 10 heteroatoms. The van der Waals surface area contributed by atoms with E-state index in [9.17, 15) is 4.79 Å². The number of aromatic nitrogens is 2. The number of anilines is 2. The second kappa shape index (κ2) is 11.4. The maximum absolute atomic E-state index is 15.2. The SMILES string of the molecule is COCCN(C)Cc1cc(-c2nc(-c3ccc4c(c3)CCNC4=O)c(N)nc2F)ccc1N1CCOCC1. The predicted octanol–water partition coefficient (Wildman–Crippen LogP) is 2.73. The highest BCUT2D eigenvalue weighted by Crippen LogP contribution is 2.33. The Morgan fingerprint density at radius 3 is 2.68 bits per heavy atom. The number of ether oxygens (including phenoxy) is 2. The highest BCUT2D eigenvalue weighted by molar-refractivity contribution is 5.97. The second-order valence-electron chi connectivity index (χ2n) is 9.65. The first-order valence-corrected chi connectivity index (χ1v) is 12.8. The van der Waals surface area contributed by atoms with Gasteiger partial charge in [0.2, 0.25) is 5.95 Å². The molecule has 0 radical (unpaired) electrons. The van der Waals surface area contributed by atoms with Crippen LogP contribution in [0.25, 0.3) is 22.5 Å². The normalized spacial score (nSPS) is 15.5. The minimum absolute atomic E-state index is 0.0101. The first kappa shape index (κ1) is 26.0. The molecule has 1 saturated heterocycles. The lowest BCUT2D eigenvalue weighted by molar-refractivity contribution is 0.0946. The number of hydrogen-bond acceptors (Lipinski definition) is 8. The van der Waals surface area contributed by atoms with Crippen LogP contribution in [0.1, 0.15) is 21.5 Å². The van der Waals surface area contributed by atoms with Gasteiger partial charge in [0.1, 0.15) is 11.4 Å².